The molecular formula is C72H57BBr2F26N6NaO6. The normalized spacial score (nSPS) is 16.0. The van der Waals surface area contributed by atoms with Crippen LogP contribution in [0, 0.1) is 46.5 Å². The van der Waals surface area contributed by atoms with E-state index < -0.39 is 147 Å². The standard InChI is InChI=1S/C27H20BrF8N3O2.C19H17BrF3N3O2.C9H7F5.C8H5F5O.C8H3F5O.CH4.B.Na.H/c28-16-2-7-19-22(14-16)37-25(39(24(19)40)17-3-5-18(6-4-17)41-27(34,35)36)9-11-38(12-10-25)23(26(31,32)33)15-1-8-20(29)21(30)13-15;20-12-1-6-15-16(11-12)25-18(7-9-24-10-8-18)26(17(15)27)13-2-4-14(5-3-13)28-19(21,22)23;1-5(9(12,13)14)6-2-3-7(10)8(11)4-6;2*9-5-2-1-4(3-6(5)10)7(14)8(11,12)13;;;;/h1-8,13-14,23,37H,9-12H2;1-6,11,24-25H,7-10H2;2-5H,1H3;1-3,7,14H;1-3H;1H4;;;/q;;;;;;;+1;-1. The number of anilines is 4. The van der Waals surface area contributed by atoms with Crippen molar-refractivity contribution in [1.29, 1.82) is 0 Å². The number of carbonyl (C=O) groups excluding carboxylic acids is 3. The monoisotopic (exact) mass is 1790 g/mol. The number of aliphatic hydroxyl groups excluding tert-OH is 1. The van der Waals surface area contributed by atoms with E-state index in [1.165, 1.54) is 41.3 Å². The van der Waals surface area contributed by atoms with Crippen LogP contribution in [0.1, 0.15) is 107 Å². The second-order valence-corrected chi connectivity index (χ2v) is 26.3. The van der Waals surface area contributed by atoms with Crippen LogP contribution < -0.4 is 64.8 Å². The van der Waals surface area contributed by atoms with Crippen LogP contribution >= 0.6 is 31.9 Å². The molecule has 12 nitrogen and oxygen atoms in total. The van der Waals surface area contributed by atoms with Gasteiger partial charge >= 0.3 is 67.0 Å². The molecule has 3 unspecified atom stereocenters. The minimum atomic E-state index is -5.08. The maximum atomic E-state index is 14.2. The van der Waals surface area contributed by atoms with Gasteiger partial charge < -0.3 is 32.0 Å². The maximum Gasteiger partial charge on any atom is 1.00 e. The van der Waals surface area contributed by atoms with Crippen LogP contribution in [-0.4, -0.2) is 111 Å². The number of nitrogens with one attached hydrogen (secondary N) is 3. The summed E-state index contributed by atoms with van der Waals surface area (Å²) in [7, 11) is 0. The van der Waals surface area contributed by atoms with E-state index in [0.717, 1.165) is 59.3 Å². The van der Waals surface area contributed by atoms with Crippen LogP contribution in [-0.2, 0) is 0 Å². The molecule has 3 radical (unpaired) electrons. The molecule has 2 saturated heterocycles. The van der Waals surface area contributed by atoms with Crippen molar-refractivity contribution < 1.29 is 174 Å². The maximum absolute atomic E-state index is 14.2. The molecule has 4 heterocycles. The average Bonchev–Trinajstić information content (AvgIpc) is 0.718. The number of aliphatic hydroxyl groups is 1. The zero-order valence-electron chi connectivity index (χ0n) is 58.4. The number of hydrogen-bond donors (Lipinski definition) is 4. The molecule has 8 aromatic rings. The van der Waals surface area contributed by atoms with E-state index in [1.54, 1.807) is 35.2 Å². The van der Waals surface area contributed by atoms with Crippen molar-refractivity contribution >= 4 is 80.6 Å². The Bertz CT molecular complexity index is 4580. The third-order valence-corrected chi connectivity index (χ3v) is 18.0. The molecule has 4 aliphatic rings. The van der Waals surface area contributed by atoms with Crippen molar-refractivity contribution in [2.45, 2.75) is 107 Å². The number of alkyl halides is 18. The van der Waals surface area contributed by atoms with Gasteiger partial charge in [-0.3, -0.25) is 29.1 Å². The van der Waals surface area contributed by atoms with Gasteiger partial charge in [0.15, 0.2) is 52.6 Å². The zero-order chi connectivity index (χ0) is 82.5. The zero-order valence-corrected chi connectivity index (χ0v) is 62.6. The Morgan fingerprint density at radius 2 is 0.825 bits per heavy atom. The first kappa shape index (κ1) is 96.2. The SMILES string of the molecule is C.CC(c1ccc(F)c(F)c1)C(F)(F)F.O=C(c1ccc(F)c(F)c1)C(F)(F)F.O=C1c2ccc(Br)cc2NC2(CCN(C(c3ccc(F)c(F)c3)C(F)(F)F)CC2)N1c1ccc(OC(F)(F)F)cc1.O=C1c2ccc(Br)cc2NC2(CCNCC2)N1c1ccc(OC(F)(F)F)cc1.OC(c1ccc(F)c(F)c1)C(F)(F)F.[B].[H-].[Na+]. The number of likely N-dealkylation sites (tertiary alicyclic amines) is 1. The molecule has 2 amide bonds. The second-order valence-electron chi connectivity index (χ2n) is 24.5. The van der Waals surface area contributed by atoms with Crippen molar-refractivity contribution in [2.24, 2.45) is 0 Å². The number of benzene rings is 8. The van der Waals surface area contributed by atoms with Crippen LogP contribution in [0.5, 0.6) is 11.5 Å². The van der Waals surface area contributed by atoms with Gasteiger partial charge in [0.25, 0.3) is 17.6 Å². The molecule has 3 atom stereocenters. The van der Waals surface area contributed by atoms with Crippen molar-refractivity contribution in [3.63, 3.8) is 0 Å². The molecule has 42 heteroatoms. The van der Waals surface area contributed by atoms with Gasteiger partial charge in [-0.15, -0.1) is 26.3 Å². The van der Waals surface area contributed by atoms with Crippen molar-refractivity contribution in [1.82, 2.24) is 10.2 Å². The second kappa shape index (κ2) is 38.2. The van der Waals surface area contributed by atoms with Gasteiger partial charge in [0, 0.05) is 84.4 Å². The van der Waals surface area contributed by atoms with E-state index in [2.05, 4.69) is 57.3 Å². The summed E-state index contributed by atoms with van der Waals surface area (Å²) < 4.78 is 337. The van der Waals surface area contributed by atoms with E-state index >= 15 is 0 Å². The molecule has 4 aliphatic heterocycles. The van der Waals surface area contributed by atoms with Gasteiger partial charge in [-0.2, -0.15) is 52.7 Å². The molecule has 8 aromatic carbocycles. The number of nitrogens with zero attached hydrogens (tertiary/aromatic N) is 3. The van der Waals surface area contributed by atoms with Crippen LogP contribution in [0.2, 0.25) is 0 Å². The van der Waals surface area contributed by atoms with E-state index in [9.17, 15) is 129 Å². The minimum absolute atomic E-state index is 0. The summed E-state index contributed by atoms with van der Waals surface area (Å²) in [5.74, 6) is -16.1. The number of amides is 2. The molecule has 0 bridgehead atoms. The number of rotatable bonds is 9. The molecule has 0 aromatic heterocycles. The Balaban J connectivity index is 0.000000326. The van der Waals surface area contributed by atoms with Crippen LogP contribution in [0.4, 0.5) is 137 Å². The fraction of sp³-hybridized carbons (Fsp3) is 0.292. The number of carbonyl (C=O) groups is 3. The van der Waals surface area contributed by atoms with E-state index in [1.807, 2.05) is 6.07 Å². The third kappa shape index (κ3) is 24.4. The van der Waals surface area contributed by atoms with Gasteiger partial charge in [-0.25, -0.2) is 35.1 Å². The van der Waals surface area contributed by atoms with Crippen LogP contribution in [0.15, 0.2) is 167 Å². The number of hydrogen-bond acceptors (Lipinski definition) is 10. The van der Waals surface area contributed by atoms with E-state index in [4.69, 9.17) is 5.11 Å². The Hall–Kier alpha value is -8.35. The predicted octanol–water partition coefficient (Wildman–Crippen LogP) is 18.6. The minimum Gasteiger partial charge on any atom is -1.00 e. The molecule has 0 saturated carbocycles. The number of halogens is 28. The Morgan fingerprint density at radius 3 is 1.18 bits per heavy atom. The number of fused-ring (bicyclic) bond motifs is 2. The molecule has 611 valence electrons. The molecule has 2 fully saturated rings. The van der Waals surface area contributed by atoms with Gasteiger partial charge in [0.05, 0.1) is 17.0 Å². The van der Waals surface area contributed by atoms with Crippen molar-refractivity contribution in [3.05, 3.63) is 247 Å². The summed E-state index contributed by atoms with van der Waals surface area (Å²) in [6.45, 7) is 1.91. The van der Waals surface area contributed by atoms with Gasteiger partial charge in [0.1, 0.15) is 28.9 Å². The average molecular weight is 1790 g/mol. The fourth-order valence-electron chi connectivity index (χ4n) is 11.8. The Labute approximate surface area is 672 Å². The van der Waals surface area contributed by atoms with E-state index in [0.29, 0.717) is 88.8 Å². The molecule has 114 heavy (non-hydrogen) atoms. The number of piperidine rings is 2. The summed E-state index contributed by atoms with van der Waals surface area (Å²) in [5.41, 5.74) is -1.63. The van der Waals surface area contributed by atoms with Crippen molar-refractivity contribution in [3.8, 4) is 11.5 Å². The molecule has 12 rings (SSSR count). The smallest absolute Gasteiger partial charge is 1.00 e. The first-order valence-electron chi connectivity index (χ1n) is 31.7. The molecule has 4 N–H and O–H groups in total. The summed E-state index contributed by atoms with van der Waals surface area (Å²) in [6.07, 6.45) is -30.5. The number of Topliss-reactive ketones (excluding diaryl/α,β-unsaturated/α-hetero) is 1. The molecule has 2 spiro atoms. The molecular weight excluding hydrogens is 1730 g/mol. The number of ketones is 1. The predicted molar refractivity (Wildman–Crippen MR) is 367 cm³/mol. The van der Waals surface area contributed by atoms with Gasteiger partial charge in [-0.1, -0.05) is 57.5 Å². The largest absolute Gasteiger partial charge is 1.00 e. The van der Waals surface area contributed by atoms with E-state index in [-0.39, 0.29) is 107 Å². The fourth-order valence-corrected chi connectivity index (χ4v) is 12.5. The topological polar surface area (TPSA) is 136 Å². The summed E-state index contributed by atoms with van der Waals surface area (Å²) in [6, 6.07) is 25.0. The molecule has 0 aliphatic carbocycles. The first-order valence-corrected chi connectivity index (χ1v) is 33.3. The summed E-state index contributed by atoms with van der Waals surface area (Å²) in [5, 5.41) is 18.7. The third-order valence-electron chi connectivity index (χ3n) is 17.0. The summed E-state index contributed by atoms with van der Waals surface area (Å²) in [4.78, 5) is 41.7. The quantitative estimate of drug-likeness (QED) is 0.0628. The van der Waals surface area contributed by atoms with Crippen LogP contribution in [0.3, 0.4) is 0 Å². The Kier molecular flexibility index (Phi) is 32.2. The summed E-state index contributed by atoms with van der Waals surface area (Å²) >= 11 is 6.77. The van der Waals surface area contributed by atoms with Crippen LogP contribution in [0.25, 0.3) is 0 Å². The first-order chi connectivity index (χ1) is 51.4. The number of ether oxygens (including phenoxy) is 2. The Morgan fingerprint density at radius 1 is 0.465 bits per heavy atom. The van der Waals surface area contributed by atoms with Gasteiger partial charge in [-0.05, 0) is 176 Å². The van der Waals surface area contributed by atoms with Crippen molar-refractivity contribution in [2.75, 3.05) is 46.6 Å². The van der Waals surface area contributed by atoms with Gasteiger partial charge in [0.2, 0.25) is 0 Å².